The second-order valence-corrected chi connectivity index (χ2v) is 9.39. The molecule has 1 aliphatic rings. The molecule has 2 atom stereocenters. The molecule has 2 unspecified atom stereocenters. The molecule has 2 aromatic carbocycles. The van der Waals surface area contributed by atoms with Crippen molar-refractivity contribution in [1.29, 1.82) is 5.26 Å². The number of nitriles is 1. The van der Waals surface area contributed by atoms with Gasteiger partial charge < -0.3 is 4.74 Å². The third kappa shape index (κ3) is 4.41. The Morgan fingerprint density at radius 2 is 1.64 bits per heavy atom. The molecule has 6 nitrogen and oxygen atoms in total. The summed E-state index contributed by atoms with van der Waals surface area (Å²) in [7, 11) is -3.50. The zero-order chi connectivity index (χ0) is 20.3. The molecule has 0 spiro atoms. The summed E-state index contributed by atoms with van der Waals surface area (Å²) in [6.45, 7) is 3.34. The maximum Gasteiger partial charge on any atom is 0.307 e. The van der Waals surface area contributed by atoms with Crippen molar-refractivity contribution in [2.45, 2.75) is 37.5 Å². The molecule has 0 bridgehead atoms. The van der Waals surface area contributed by atoms with Crippen LogP contribution in [0.25, 0.3) is 11.1 Å². The lowest BCUT2D eigenvalue weighted by molar-refractivity contribution is -0.148. The van der Waals surface area contributed by atoms with Crippen molar-refractivity contribution in [2.24, 2.45) is 0 Å². The van der Waals surface area contributed by atoms with Crippen LogP contribution in [0.3, 0.4) is 0 Å². The molecule has 0 radical (unpaired) electrons. The maximum absolute atomic E-state index is 12.3. The van der Waals surface area contributed by atoms with E-state index in [0.717, 1.165) is 16.7 Å². The minimum atomic E-state index is -3.50. The first kappa shape index (κ1) is 20.1. The summed E-state index contributed by atoms with van der Waals surface area (Å²) in [5, 5.41) is 8.32. The molecule has 0 amide bonds. The molecule has 1 saturated heterocycles. The number of rotatable bonds is 5. The van der Waals surface area contributed by atoms with Crippen LogP contribution in [0.4, 0.5) is 0 Å². The molecule has 7 heteroatoms. The number of ether oxygens (including phenoxy) is 1. The largest absolute Gasteiger partial charge is 0.465 e. The summed E-state index contributed by atoms with van der Waals surface area (Å²) in [6, 6.07) is 16.6. The van der Waals surface area contributed by atoms with Crippen molar-refractivity contribution in [3.05, 3.63) is 59.7 Å². The lowest BCUT2D eigenvalue weighted by Gasteiger charge is -2.32. The summed E-state index contributed by atoms with van der Waals surface area (Å²) in [5.74, 6) is -0.650. The first-order valence-corrected chi connectivity index (χ1v) is 10.6. The smallest absolute Gasteiger partial charge is 0.307 e. The molecule has 3 rings (SSSR count). The number of carbonyl (C=O) groups excluding carboxylic acids is 1. The first-order valence-electron chi connectivity index (χ1n) is 9.07. The van der Waals surface area contributed by atoms with E-state index in [-0.39, 0.29) is 18.9 Å². The lowest BCUT2D eigenvalue weighted by atomic mass is 9.88. The minimum absolute atomic E-state index is 0.00793. The van der Waals surface area contributed by atoms with Crippen LogP contribution >= 0.6 is 0 Å². The highest BCUT2D eigenvalue weighted by molar-refractivity contribution is 7.90. The molecular weight excluding hydrogens is 376 g/mol. The van der Waals surface area contributed by atoms with Gasteiger partial charge in [-0.3, -0.25) is 4.79 Å². The van der Waals surface area contributed by atoms with Crippen molar-refractivity contribution in [3.8, 4) is 17.2 Å². The fourth-order valence-corrected chi connectivity index (χ4v) is 4.08. The standard InChI is InChI=1S/C21H22N2O4S/c1-14(2)28(25,26)23-20-11-21(24)27-13-19(20)18-9-7-17(8-10-18)16-5-3-15(12-22)4-6-16/h3-10,14,19-20,23H,11,13H2,1-2H3. The summed E-state index contributed by atoms with van der Waals surface area (Å²) >= 11 is 0. The van der Waals surface area contributed by atoms with Crippen LogP contribution in [0.15, 0.2) is 48.5 Å². The average molecular weight is 398 g/mol. The van der Waals surface area contributed by atoms with Gasteiger partial charge >= 0.3 is 5.97 Å². The molecule has 0 aromatic heterocycles. The summed E-state index contributed by atoms with van der Waals surface area (Å²) < 4.78 is 32.4. The van der Waals surface area contributed by atoms with Crippen molar-refractivity contribution < 1.29 is 17.9 Å². The van der Waals surface area contributed by atoms with E-state index >= 15 is 0 Å². The summed E-state index contributed by atoms with van der Waals surface area (Å²) in [5.41, 5.74) is 3.48. The van der Waals surface area contributed by atoms with E-state index in [9.17, 15) is 13.2 Å². The molecule has 28 heavy (non-hydrogen) atoms. The predicted octanol–water partition coefficient (Wildman–Crippen LogP) is 2.95. The van der Waals surface area contributed by atoms with Crippen LogP contribution < -0.4 is 4.72 Å². The number of sulfonamides is 1. The molecule has 2 aromatic rings. The van der Waals surface area contributed by atoms with E-state index in [0.29, 0.717) is 5.56 Å². The van der Waals surface area contributed by atoms with Gasteiger partial charge in [0.1, 0.15) is 0 Å². The van der Waals surface area contributed by atoms with Gasteiger partial charge in [0.15, 0.2) is 0 Å². The van der Waals surface area contributed by atoms with Crippen molar-refractivity contribution >= 4 is 16.0 Å². The fourth-order valence-electron chi connectivity index (χ4n) is 3.14. The number of esters is 1. The van der Waals surface area contributed by atoms with Gasteiger partial charge in [0.2, 0.25) is 10.0 Å². The number of nitrogens with zero attached hydrogens (tertiary/aromatic N) is 1. The van der Waals surface area contributed by atoms with E-state index < -0.39 is 27.3 Å². The topological polar surface area (TPSA) is 96.3 Å². The number of hydrogen-bond donors (Lipinski definition) is 1. The Balaban J connectivity index is 1.83. The Kier molecular flexibility index (Phi) is 5.82. The van der Waals surface area contributed by atoms with Gasteiger partial charge in [0.25, 0.3) is 0 Å². The zero-order valence-corrected chi connectivity index (χ0v) is 16.6. The van der Waals surface area contributed by atoms with Crippen molar-refractivity contribution in [3.63, 3.8) is 0 Å². The molecule has 146 valence electrons. The van der Waals surface area contributed by atoms with Gasteiger partial charge in [0.05, 0.1) is 29.9 Å². The van der Waals surface area contributed by atoms with Crippen LogP contribution in [-0.2, 0) is 19.6 Å². The highest BCUT2D eigenvalue weighted by atomic mass is 32.2. The normalized spacial score (nSPS) is 19.9. The van der Waals surface area contributed by atoms with E-state index in [1.54, 1.807) is 26.0 Å². The van der Waals surface area contributed by atoms with E-state index in [1.807, 2.05) is 36.4 Å². The Morgan fingerprint density at radius 1 is 1.07 bits per heavy atom. The monoisotopic (exact) mass is 398 g/mol. The Bertz CT molecular complexity index is 990. The number of carbonyl (C=O) groups is 1. The Labute approximate surface area is 165 Å². The van der Waals surface area contributed by atoms with Gasteiger partial charge in [-0.15, -0.1) is 0 Å². The van der Waals surface area contributed by atoms with Crippen LogP contribution in [0.2, 0.25) is 0 Å². The fraction of sp³-hybridized carbons (Fsp3) is 0.333. The van der Waals surface area contributed by atoms with Crippen LogP contribution in [0.1, 0.15) is 37.3 Å². The van der Waals surface area contributed by atoms with E-state index in [2.05, 4.69) is 10.8 Å². The molecule has 0 aliphatic carbocycles. The second-order valence-electron chi connectivity index (χ2n) is 7.12. The predicted molar refractivity (Wildman–Crippen MR) is 106 cm³/mol. The molecule has 0 saturated carbocycles. The van der Waals surface area contributed by atoms with Crippen LogP contribution in [0.5, 0.6) is 0 Å². The molecular formula is C21H22N2O4S. The lowest BCUT2D eigenvalue weighted by Crippen LogP contribution is -2.47. The third-order valence-electron chi connectivity index (χ3n) is 4.92. The first-order chi connectivity index (χ1) is 13.3. The number of hydrogen-bond acceptors (Lipinski definition) is 5. The average Bonchev–Trinajstić information content (AvgIpc) is 2.68. The number of nitrogens with one attached hydrogen (secondary N) is 1. The highest BCUT2D eigenvalue weighted by Gasteiger charge is 2.35. The Morgan fingerprint density at radius 3 is 2.18 bits per heavy atom. The van der Waals surface area contributed by atoms with Gasteiger partial charge in [-0.2, -0.15) is 5.26 Å². The van der Waals surface area contributed by atoms with Gasteiger partial charge in [-0.25, -0.2) is 13.1 Å². The van der Waals surface area contributed by atoms with Gasteiger partial charge in [-0.1, -0.05) is 36.4 Å². The molecule has 1 aliphatic heterocycles. The quantitative estimate of drug-likeness (QED) is 0.781. The summed E-state index contributed by atoms with van der Waals surface area (Å²) in [6.07, 6.45) is 0.00793. The maximum atomic E-state index is 12.3. The molecule has 1 heterocycles. The zero-order valence-electron chi connectivity index (χ0n) is 15.8. The van der Waals surface area contributed by atoms with Crippen LogP contribution in [-0.4, -0.2) is 32.3 Å². The van der Waals surface area contributed by atoms with Crippen molar-refractivity contribution in [1.82, 2.24) is 4.72 Å². The van der Waals surface area contributed by atoms with E-state index in [4.69, 9.17) is 10.00 Å². The highest BCUT2D eigenvalue weighted by Crippen LogP contribution is 2.29. The third-order valence-corrected chi connectivity index (χ3v) is 6.79. The molecule has 1 N–H and O–H groups in total. The van der Waals surface area contributed by atoms with Crippen LogP contribution in [0, 0.1) is 11.3 Å². The molecule has 1 fully saturated rings. The SMILES string of the molecule is CC(C)S(=O)(=O)NC1CC(=O)OCC1c1ccc(-c2ccc(C#N)cc2)cc1. The number of cyclic esters (lactones) is 1. The Hall–Kier alpha value is -2.69. The van der Waals surface area contributed by atoms with Gasteiger partial charge in [-0.05, 0) is 42.7 Å². The second kappa shape index (κ2) is 8.13. The summed E-state index contributed by atoms with van der Waals surface area (Å²) in [4.78, 5) is 11.7. The van der Waals surface area contributed by atoms with E-state index in [1.165, 1.54) is 0 Å². The van der Waals surface area contributed by atoms with Gasteiger partial charge in [0, 0.05) is 12.0 Å². The van der Waals surface area contributed by atoms with Crippen molar-refractivity contribution in [2.75, 3.05) is 6.61 Å². The minimum Gasteiger partial charge on any atom is -0.465 e. The number of benzene rings is 2.